The highest BCUT2D eigenvalue weighted by atomic mass is 32.2. The molecular formula is C16H22N4O3S. The lowest BCUT2D eigenvalue weighted by molar-refractivity contribution is -0.138. The SMILES string of the molecule is O=C(C1CCCC1)N1CCN(c2ncccn2)[C@@H]2CS(=O)(=O)C[C@@H]21. The van der Waals surface area contributed by atoms with Crippen LogP contribution < -0.4 is 4.90 Å². The maximum absolute atomic E-state index is 12.9. The van der Waals surface area contributed by atoms with Gasteiger partial charge < -0.3 is 9.80 Å². The molecule has 2 saturated heterocycles. The van der Waals surface area contributed by atoms with E-state index in [0.29, 0.717) is 19.0 Å². The molecule has 2 atom stereocenters. The molecule has 8 heteroatoms. The summed E-state index contributed by atoms with van der Waals surface area (Å²) in [6.07, 6.45) is 7.39. The van der Waals surface area contributed by atoms with Gasteiger partial charge in [0, 0.05) is 31.4 Å². The Hall–Kier alpha value is -1.70. The van der Waals surface area contributed by atoms with E-state index in [2.05, 4.69) is 9.97 Å². The number of anilines is 1. The molecule has 0 radical (unpaired) electrons. The van der Waals surface area contributed by atoms with Gasteiger partial charge in [0.2, 0.25) is 11.9 Å². The van der Waals surface area contributed by atoms with E-state index in [1.807, 2.05) is 9.80 Å². The molecule has 4 rings (SSSR count). The Labute approximate surface area is 142 Å². The Kier molecular flexibility index (Phi) is 3.94. The largest absolute Gasteiger partial charge is 0.335 e. The molecule has 0 bridgehead atoms. The molecule has 1 aromatic rings. The Morgan fingerprint density at radius 1 is 1.04 bits per heavy atom. The third-order valence-electron chi connectivity index (χ3n) is 5.47. The number of aromatic nitrogens is 2. The summed E-state index contributed by atoms with van der Waals surface area (Å²) in [5, 5.41) is 0. The molecule has 1 saturated carbocycles. The Morgan fingerprint density at radius 3 is 2.42 bits per heavy atom. The second kappa shape index (κ2) is 5.98. The van der Waals surface area contributed by atoms with E-state index in [-0.39, 0.29) is 35.4 Å². The van der Waals surface area contributed by atoms with Crippen molar-refractivity contribution in [2.45, 2.75) is 37.8 Å². The van der Waals surface area contributed by atoms with Crippen molar-refractivity contribution in [3.8, 4) is 0 Å². The molecule has 3 heterocycles. The summed E-state index contributed by atoms with van der Waals surface area (Å²) in [7, 11) is -3.15. The monoisotopic (exact) mass is 350 g/mol. The van der Waals surface area contributed by atoms with Gasteiger partial charge in [0.05, 0.1) is 23.6 Å². The van der Waals surface area contributed by atoms with Crippen molar-refractivity contribution in [2.24, 2.45) is 5.92 Å². The van der Waals surface area contributed by atoms with Crippen molar-refractivity contribution in [3.05, 3.63) is 18.5 Å². The maximum atomic E-state index is 12.9. The normalized spacial score (nSPS) is 29.7. The lowest BCUT2D eigenvalue weighted by Crippen LogP contribution is -2.62. The number of carbonyl (C=O) groups is 1. The summed E-state index contributed by atoms with van der Waals surface area (Å²) >= 11 is 0. The highest BCUT2D eigenvalue weighted by Crippen LogP contribution is 2.33. The third-order valence-corrected chi connectivity index (χ3v) is 7.17. The van der Waals surface area contributed by atoms with E-state index in [1.165, 1.54) is 0 Å². The van der Waals surface area contributed by atoms with Gasteiger partial charge in [0.25, 0.3) is 0 Å². The lowest BCUT2D eigenvalue weighted by Gasteiger charge is -2.44. The van der Waals surface area contributed by atoms with E-state index >= 15 is 0 Å². The van der Waals surface area contributed by atoms with Gasteiger partial charge in [-0.25, -0.2) is 18.4 Å². The van der Waals surface area contributed by atoms with Gasteiger partial charge in [-0.15, -0.1) is 0 Å². The van der Waals surface area contributed by atoms with Crippen molar-refractivity contribution in [1.29, 1.82) is 0 Å². The smallest absolute Gasteiger partial charge is 0.226 e. The molecule has 3 aliphatic rings. The maximum Gasteiger partial charge on any atom is 0.226 e. The first-order valence-corrected chi connectivity index (χ1v) is 10.4. The van der Waals surface area contributed by atoms with Gasteiger partial charge in [0.15, 0.2) is 9.84 Å². The van der Waals surface area contributed by atoms with Crippen LogP contribution in [0.3, 0.4) is 0 Å². The molecular weight excluding hydrogens is 328 g/mol. The molecule has 0 spiro atoms. The van der Waals surface area contributed by atoms with Crippen molar-refractivity contribution >= 4 is 21.7 Å². The molecule has 0 N–H and O–H groups in total. The zero-order valence-electron chi connectivity index (χ0n) is 13.5. The van der Waals surface area contributed by atoms with Crippen LogP contribution in [-0.4, -0.2) is 65.9 Å². The standard InChI is InChI=1S/C16H22N4O3S/c21-15(12-4-1-2-5-12)19-8-9-20(16-17-6-3-7-18-16)14-11-24(22,23)10-13(14)19/h3,6-7,12-14H,1-2,4-5,8-11H2/t13-,14+/m0/s1. The molecule has 1 amide bonds. The number of hydrogen-bond acceptors (Lipinski definition) is 6. The van der Waals surface area contributed by atoms with Crippen LogP contribution in [0.25, 0.3) is 0 Å². The van der Waals surface area contributed by atoms with Gasteiger partial charge in [-0.05, 0) is 18.9 Å². The second-order valence-corrected chi connectivity index (χ2v) is 9.12. The van der Waals surface area contributed by atoms with Crippen LogP contribution in [0.15, 0.2) is 18.5 Å². The van der Waals surface area contributed by atoms with Crippen molar-refractivity contribution in [1.82, 2.24) is 14.9 Å². The van der Waals surface area contributed by atoms with Gasteiger partial charge >= 0.3 is 0 Å². The van der Waals surface area contributed by atoms with Gasteiger partial charge in [-0.3, -0.25) is 4.79 Å². The molecule has 2 aliphatic heterocycles. The Bertz CT molecular complexity index is 718. The highest BCUT2D eigenvalue weighted by Gasteiger charge is 2.49. The average Bonchev–Trinajstić information content (AvgIpc) is 3.20. The van der Waals surface area contributed by atoms with E-state index in [4.69, 9.17) is 0 Å². The van der Waals surface area contributed by atoms with E-state index in [0.717, 1.165) is 25.7 Å². The van der Waals surface area contributed by atoms with Crippen LogP contribution in [0.5, 0.6) is 0 Å². The molecule has 1 aromatic heterocycles. The lowest BCUT2D eigenvalue weighted by atomic mass is 10.0. The highest BCUT2D eigenvalue weighted by molar-refractivity contribution is 7.91. The number of piperazine rings is 1. The van der Waals surface area contributed by atoms with Gasteiger partial charge in [-0.1, -0.05) is 12.8 Å². The summed E-state index contributed by atoms with van der Waals surface area (Å²) in [4.78, 5) is 25.2. The summed E-state index contributed by atoms with van der Waals surface area (Å²) in [5.41, 5.74) is 0. The first kappa shape index (κ1) is 15.8. The molecule has 7 nitrogen and oxygen atoms in total. The minimum absolute atomic E-state index is 0.0550. The third kappa shape index (κ3) is 2.76. The number of amides is 1. The van der Waals surface area contributed by atoms with Crippen molar-refractivity contribution in [2.75, 3.05) is 29.5 Å². The molecule has 1 aliphatic carbocycles. The Balaban J connectivity index is 1.62. The summed E-state index contributed by atoms with van der Waals surface area (Å²) < 4.78 is 24.5. The van der Waals surface area contributed by atoms with Crippen LogP contribution >= 0.6 is 0 Å². The molecule has 0 aromatic carbocycles. The van der Waals surface area contributed by atoms with Gasteiger partial charge in [0.1, 0.15) is 0 Å². The van der Waals surface area contributed by atoms with Crippen LogP contribution in [0.1, 0.15) is 25.7 Å². The molecule has 130 valence electrons. The minimum atomic E-state index is -3.15. The minimum Gasteiger partial charge on any atom is -0.335 e. The fourth-order valence-electron chi connectivity index (χ4n) is 4.32. The number of nitrogens with zero attached hydrogens (tertiary/aromatic N) is 4. The summed E-state index contributed by atoms with van der Waals surface area (Å²) in [6, 6.07) is 1.23. The van der Waals surface area contributed by atoms with Crippen molar-refractivity contribution in [3.63, 3.8) is 0 Å². The number of rotatable bonds is 2. The van der Waals surface area contributed by atoms with E-state index in [9.17, 15) is 13.2 Å². The number of sulfone groups is 1. The second-order valence-electron chi connectivity index (χ2n) is 6.97. The number of fused-ring (bicyclic) bond motifs is 1. The summed E-state index contributed by atoms with van der Waals surface area (Å²) in [5.74, 6) is 0.906. The first-order valence-electron chi connectivity index (χ1n) is 8.60. The van der Waals surface area contributed by atoms with Crippen molar-refractivity contribution < 1.29 is 13.2 Å². The van der Waals surface area contributed by atoms with E-state index < -0.39 is 9.84 Å². The fourth-order valence-corrected chi connectivity index (χ4v) is 6.30. The van der Waals surface area contributed by atoms with Crippen LogP contribution in [0, 0.1) is 5.92 Å². The summed E-state index contributed by atoms with van der Waals surface area (Å²) in [6.45, 7) is 1.13. The van der Waals surface area contributed by atoms with E-state index in [1.54, 1.807) is 18.5 Å². The average molecular weight is 350 g/mol. The molecule has 24 heavy (non-hydrogen) atoms. The predicted octanol–water partition coefficient (Wildman–Crippen LogP) is 0.481. The quantitative estimate of drug-likeness (QED) is 0.771. The fraction of sp³-hybridized carbons (Fsp3) is 0.688. The number of hydrogen-bond donors (Lipinski definition) is 0. The van der Waals surface area contributed by atoms with Crippen LogP contribution in [0.2, 0.25) is 0 Å². The predicted molar refractivity (Wildman–Crippen MR) is 89.3 cm³/mol. The number of carbonyl (C=O) groups excluding carboxylic acids is 1. The Morgan fingerprint density at radius 2 is 1.71 bits per heavy atom. The van der Waals surface area contributed by atoms with Gasteiger partial charge in [-0.2, -0.15) is 0 Å². The zero-order valence-corrected chi connectivity index (χ0v) is 14.4. The molecule has 0 unspecified atom stereocenters. The first-order chi connectivity index (χ1) is 11.6. The zero-order chi connectivity index (χ0) is 16.7. The molecule has 3 fully saturated rings. The van der Waals surface area contributed by atoms with Crippen LogP contribution in [-0.2, 0) is 14.6 Å². The topological polar surface area (TPSA) is 83.5 Å². The van der Waals surface area contributed by atoms with Crippen LogP contribution in [0.4, 0.5) is 5.95 Å².